The van der Waals surface area contributed by atoms with Crippen LogP contribution in [0.2, 0.25) is 0 Å². The normalized spacial score (nSPS) is 31.8. The molecule has 4 unspecified atom stereocenters. The van der Waals surface area contributed by atoms with Gasteiger partial charge in [0.1, 0.15) is 0 Å². The minimum absolute atomic E-state index is 0.896. The highest BCUT2D eigenvalue weighted by molar-refractivity contribution is 4.86. The van der Waals surface area contributed by atoms with Crippen molar-refractivity contribution >= 4 is 0 Å². The largest absolute Gasteiger partial charge is 0.316 e. The van der Waals surface area contributed by atoms with Crippen LogP contribution in [0.15, 0.2) is 12.2 Å². The van der Waals surface area contributed by atoms with E-state index < -0.39 is 0 Å². The number of likely N-dealkylation sites (tertiary alicyclic amines) is 2. The summed E-state index contributed by atoms with van der Waals surface area (Å²) in [6.45, 7) is 23.0. The molecule has 2 heterocycles. The number of hydrogen-bond acceptors (Lipinski definition) is 4. The van der Waals surface area contributed by atoms with Crippen molar-refractivity contribution in [3.8, 4) is 0 Å². The molecule has 0 aromatic carbocycles. The van der Waals surface area contributed by atoms with Crippen molar-refractivity contribution in [2.75, 3.05) is 72.5 Å². The van der Waals surface area contributed by atoms with Gasteiger partial charge in [0, 0.05) is 13.1 Å². The molecule has 0 amide bonds. The van der Waals surface area contributed by atoms with Gasteiger partial charge in [-0.3, -0.25) is 0 Å². The van der Waals surface area contributed by atoms with E-state index in [9.17, 15) is 0 Å². The molecule has 0 aromatic rings. The lowest BCUT2D eigenvalue weighted by Gasteiger charge is -2.42. The first-order valence-electron chi connectivity index (χ1n) is 20.4. The molecule has 4 aliphatic rings. The van der Waals surface area contributed by atoms with Gasteiger partial charge >= 0.3 is 0 Å². The maximum atomic E-state index is 3.84. The lowest BCUT2D eigenvalue weighted by atomic mass is 9.74. The van der Waals surface area contributed by atoms with E-state index in [1.165, 1.54) is 168 Å². The van der Waals surface area contributed by atoms with E-state index in [-0.39, 0.29) is 0 Å². The molecule has 0 aromatic heterocycles. The number of unbranched alkanes of at least 4 members (excludes halogenated alkanes) is 2. The fraction of sp³-hybridized carbons (Fsp3) is 0.951. The fourth-order valence-corrected chi connectivity index (χ4v) is 10.1. The monoisotopic (exact) mass is 627 g/mol. The van der Waals surface area contributed by atoms with Crippen molar-refractivity contribution in [3.63, 3.8) is 0 Å². The van der Waals surface area contributed by atoms with Crippen LogP contribution in [0, 0.1) is 47.3 Å². The van der Waals surface area contributed by atoms with Gasteiger partial charge in [-0.25, -0.2) is 0 Å². The van der Waals surface area contributed by atoms with Gasteiger partial charge in [-0.1, -0.05) is 46.3 Å². The first-order chi connectivity index (χ1) is 21.9. The van der Waals surface area contributed by atoms with Gasteiger partial charge in [-0.05, 0) is 203 Å². The Hall–Kier alpha value is -0.420. The second kappa shape index (κ2) is 20.8. The summed E-state index contributed by atoms with van der Waals surface area (Å²) in [5.41, 5.74) is 0. The minimum atomic E-state index is 0.896. The van der Waals surface area contributed by atoms with Crippen LogP contribution >= 0.6 is 0 Å². The first kappa shape index (κ1) is 37.4. The predicted octanol–water partition coefficient (Wildman–Crippen LogP) is 8.97. The second-order valence-corrected chi connectivity index (χ2v) is 16.8. The Morgan fingerprint density at radius 3 is 2.00 bits per heavy atom. The second-order valence-electron chi connectivity index (χ2n) is 16.8. The molecule has 0 bridgehead atoms. The van der Waals surface area contributed by atoms with Crippen molar-refractivity contribution in [1.29, 1.82) is 0 Å². The zero-order valence-electron chi connectivity index (χ0n) is 31.0. The van der Waals surface area contributed by atoms with Crippen LogP contribution in [-0.4, -0.2) is 87.2 Å². The summed E-state index contributed by atoms with van der Waals surface area (Å²) in [6, 6.07) is 0. The number of rotatable bonds is 18. The molecule has 2 aliphatic heterocycles. The van der Waals surface area contributed by atoms with Crippen molar-refractivity contribution in [2.45, 2.75) is 130 Å². The highest BCUT2D eigenvalue weighted by Gasteiger charge is 2.32. The number of piperidine rings is 2. The van der Waals surface area contributed by atoms with Gasteiger partial charge in [-0.2, -0.15) is 0 Å². The van der Waals surface area contributed by atoms with Crippen LogP contribution in [0.5, 0.6) is 0 Å². The SMILES string of the molecule is CCCN(CCC/C=C/CCCNCC1CCC(CN2CCC(C3CCN(C)CC3)CC2)[C@@H](C)C1)CC1CCC(CC)[C@@H](C)C1. The lowest BCUT2D eigenvalue weighted by Crippen LogP contribution is -2.43. The molecular formula is C41H78N4. The molecule has 4 fully saturated rings. The minimum Gasteiger partial charge on any atom is -0.316 e. The van der Waals surface area contributed by atoms with Crippen molar-refractivity contribution < 1.29 is 0 Å². The summed E-state index contributed by atoms with van der Waals surface area (Å²) < 4.78 is 0. The summed E-state index contributed by atoms with van der Waals surface area (Å²) in [5, 5.41) is 3.84. The number of nitrogens with one attached hydrogen (secondary N) is 1. The summed E-state index contributed by atoms with van der Waals surface area (Å²) in [6.07, 6.45) is 27.3. The molecule has 0 spiro atoms. The van der Waals surface area contributed by atoms with E-state index in [1.807, 2.05) is 0 Å². The average Bonchev–Trinajstić information content (AvgIpc) is 3.04. The number of nitrogens with zero attached hydrogens (tertiary/aromatic N) is 3. The van der Waals surface area contributed by atoms with Crippen LogP contribution < -0.4 is 5.32 Å². The van der Waals surface area contributed by atoms with Crippen LogP contribution in [0.25, 0.3) is 0 Å². The van der Waals surface area contributed by atoms with Crippen LogP contribution in [-0.2, 0) is 0 Å². The zero-order valence-corrected chi connectivity index (χ0v) is 31.0. The third-order valence-corrected chi connectivity index (χ3v) is 13.2. The van der Waals surface area contributed by atoms with Gasteiger partial charge in [0.05, 0.1) is 0 Å². The number of hydrogen-bond donors (Lipinski definition) is 1. The quantitative estimate of drug-likeness (QED) is 0.121. The van der Waals surface area contributed by atoms with E-state index in [2.05, 4.69) is 66.9 Å². The molecule has 4 rings (SSSR count). The maximum absolute atomic E-state index is 3.84. The summed E-state index contributed by atoms with van der Waals surface area (Å²) in [4.78, 5) is 8.16. The van der Waals surface area contributed by atoms with E-state index in [1.54, 1.807) is 0 Å². The average molecular weight is 627 g/mol. The molecule has 2 saturated heterocycles. The molecular weight excluding hydrogens is 548 g/mol. The van der Waals surface area contributed by atoms with E-state index in [4.69, 9.17) is 0 Å². The van der Waals surface area contributed by atoms with Crippen molar-refractivity contribution in [2.24, 2.45) is 47.3 Å². The Bertz CT molecular complexity index is 782. The predicted molar refractivity (Wildman–Crippen MR) is 197 cm³/mol. The van der Waals surface area contributed by atoms with Crippen molar-refractivity contribution in [1.82, 2.24) is 20.0 Å². The molecule has 6 atom stereocenters. The van der Waals surface area contributed by atoms with Gasteiger partial charge in [-0.15, -0.1) is 0 Å². The van der Waals surface area contributed by atoms with E-state index in [0.717, 1.165) is 47.3 Å². The Balaban J connectivity index is 0.981. The summed E-state index contributed by atoms with van der Waals surface area (Å²) in [5.74, 6) is 7.63. The molecule has 45 heavy (non-hydrogen) atoms. The fourth-order valence-electron chi connectivity index (χ4n) is 10.1. The molecule has 4 nitrogen and oxygen atoms in total. The van der Waals surface area contributed by atoms with Crippen LogP contribution in [0.3, 0.4) is 0 Å². The summed E-state index contributed by atoms with van der Waals surface area (Å²) in [7, 11) is 2.30. The van der Waals surface area contributed by atoms with Gasteiger partial charge < -0.3 is 20.0 Å². The molecule has 2 saturated carbocycles. The Morgan fingerprint density at radius 1 is 0.711 bits per heavy atom. The highest BCUT2D eigenvalue weighted by Crippen LogP contribution is 2.37. The standard InChI is InChI=1S/C41H78N4/c1-6-23-44(32-37-15-16-38(7-2)34(3)30-37)24-13-11-9-8-10-12-22-42-31-36-14-17-41(35(4)29-36)33-45-27-20-40(21-28-45)39-18-25-43(5)26-19-39/h8-9,34-42H,6-7,10-33H2,1-5H3/b9-8+/t34-,35-,36?,37?,38?,41?/m0/s1. The zero-order chi connectivity index (χ0) is 31.9. The van der Waals surface area contributed by atoms with Gasteiger partial charge in [0.25, 0.3) is 0 Å². The maximum Gasteiger partial charge on any atom is 0.00122 e. The van der Waals surface area contributed by atoms with Crippen LogP contribution in [0.1, 0.15) is 130 Å². The van der Waals surface area contributed by atoms with Crippen LogP contribution in [0.4, 0.5) is 0 Å². The van der Waals surface area contributed by atoms with E-state index >= 15 is 0 Å². The Labute approximate surface area is 281 Å². The lowest BCUT2D eigenvalue weighted by molar-refractivity contribution is 0.0762. The Morgan fingerprint density at radius 2 is 1.33 bits per heavy atom. The molecule has 262 valence electrons. The summed E-state index contributed by atoms with van der Waals surface area (Å²) >= 11 is 0. The molecule has 1 N–H and O–H groups in total. The number of allylic oxidation sites excluding steroid dienone is 2. The third-order valence-electron chi connectivity index (χ3n) is 13.2. The molecule has 0 radical (unpaired) electrons. The topological polar surface area (TPSA) is 21.8 Å². The Kier molecular flexibility index (Phi) is 17.3. The third kappa shape index (κ3) is 13.2. The van der Waals surface area contributed by atoms with Crippen molar-refractivity contribution in [3.05, 3.63) is 12.2 Å². The van der Waals surface area contributed by atoms with Gasteiger partial charge in [0.2, 0.25) is 0 Å². The highest BCUT2D eigenvalue weighted by atomic mass is 15.1. The molecule has 4 heteroatoms. The first-order valence-corrected chi connectivity index (χ1v) is 20.4. The van der Waals surface area contributed by atoms with E-state index in [0.29, 0.717) is 0 Å². The smallest absolute Gasteiger partial charge is 0.00122 e. The molecule has 2 aliphatic carbocycles. The van der Waals surface area contributed by atoms with Gasteiger partial charge in [0.15, 0.2) is 0 Å².